The van der Waals surface area contributed by atoms with E-state index < -0.39 is 0 Å². The first-order valence-electron chi connectivity index (χ1n) is 6.78. The summed E-state index contributed by atoms with van der Waals surface area (Å²) in [5.41, 5.74) is 8.64. The van der Waals surface area contributed by atoms with Crippen LogP contribution in [0.4, 0.5) is 0 Å². The fraction of sp³-hybridized carbons (Fsp3) is 0.333. The molecule has 0 aliphatic heterocycles. The lowest BCUT2D eigenvalue weighted by atomic mass is 10.0. The predicted molar refractivity (Wildman–Crippen MR) is 80.0 cm³/mol. The Kier molecular flexibility index (Phi) is 4.94. The van der Waals surface area contributed by atoms with Crippen molar-refractivity contribution in [3.63, 3.8) is 0 Å². The summed E-state index contributed by atoms with van der Waals surface area (Å²) in [7, 11) is 0. The van der Waals surface area contributed by atoms with Crippen molar-refractivity contribution >= 4 is 5.84 Å². The Morgan fingerprint density at radius 3 is 2.67 bits per heavy atom. The second-order valence-electron chi connectivity index (χ2n) is 4.94. The van der Waals surface area contributed by atoms with Gasteiger partial charge in [-0.05, 0) is 19.4 Å². The maximum absolute atomic E-state index is 8.78. The summed E-state index contributed by atoms with van der Waals surface area (Å²) in [5.74, 6) is 0.991. The highest BCUT2D eigenvalue weighted by molar-refractivity contribution is 5.80. The second kappa shape index (κ2) is 6.90. The molecule has 0 aliphatic carbocycles. The summed E-state index contributed by atoms with van der Waals surface area (Å²) < 4.78 is 5.16. The van der Waals surface area contributed by atoms with Gasteiger partial charge in [-0.2, -0.15) is 0 Å². The van der Waals surface area contributed by atoms with E-state index in [0.29, 0.717) is 13.0 Å². The van der Waals surface area contributed by atoms with E-state index in [-0.39, 0.29) is 11.9 Å². The zero-order valence-corrected chi connectivity index (χ0v) is 12.2. The quantitative estimate of drug-likeness (QED) is 0.328. The van der Waals surface area contributed by atoms with Gasteiger partial charge in [-0.1, -0.05) is 40.6 Å². The van der Waals surface area contributed by atoms with Gasteiger partial charge in [0.2, 0.25) is 0 Å². The summed E-state index contributed by atoms with van der Waals surface area (Å²) in [5, 5.41) is 19.2. The molecule has 6 heteroatoms. The van der Waals surface area contributed by atoms with Crippen molar-refractivity contribution in [2.45, 2.75) is 32.9 Å². The first kappa shape index (κ1) is 15.1. The SMILES string of the molecule is Cc1noc(C)c1CNC(CC(N)=NO)c1ccccc1. The molecule has 21 heavy (non-hydrogen) atoms. The van der Waals surface area contributed by atoms with Crippen LogP contribution in [-0.4, -0.2) is 16.2 Å². The highest BCUT2D eigenvalue weighted by atomic mass is 16.5. The Morgan fingerprint density at radius 1 is 1.38 bits per heavy atom. The van der Waals surface area contributed by atoms with Gasteiger partial charge in [-0.15, -0.1) is 0 Å². The molecule has 0 aliphatic rings. The number of nitrogens with zero attached hydrogens (tertiary/aromatic N) is 2. The molecule has 0 radical (unpaired) electrons. The first-order chi connectivity index (χ1) is 10.1. The van der Waals surface area contributed by atoms with E-state index in [2.05, 4.69) is 15.6 Å². The van der Waals surface area contributed by atoms with Crippen LogP contribution >= 0.6 is 0 Å². The fourth-order valence-corrected chi connectivity index (χ4v) is 2.22. The van der Waals surface area contributed by atoms with Gasteiger partial charge in [0.1, 0.15) is 11.6 Å². The lowest BCUT2D eigenvalue weighted by Crippen LogP contribution is -2.27. The van der Waals surface area contributed by atoms with Gasteiger partial charge in [-0.25, -0.2) is 0 Å². The van der Waals surface area contributed by atoms with Gasteiger partial charge >= 0.3 is 0 Å². The molecule has 0 fully saturated rings. The number of nitrogens with two attached hydrogens (primary N) is 1. The van der Waals surface area contributed by atoms with Crippen LogP contribution in [0.15, 0.2) is 40.0 Å². The monoisotopic (exact) mass is 288 g/mol. The molecule has 4 N–H and O–H groups in total. The van der Waals surface area contributed by atoms with Crippen LogP contribution in [0, 0.1) is 13.8 Å². The normalized spacial score (nSPS) is 13.3. The number of oxime groups is 1. The van der Waals surface area contributed by atoms with E-state index in [0.717, 1.165) is 22.6 Å². The zero-order chi connectivity index (χ0) is 15.2. The minimum absolute atomic E-state index is 0.0456. The van der Waals surface area contributed by atoms with Crippen LogP contribution in [0.5, 0.6) is 0 Å². The summed E-state index contributed by atoms with van der Waals surface area (Å²) >= 11 is 0. The Labute approximate surface area is 123 Å². The molecule has 1 aromatic heterocycles. The third-order valence-electron chi connectivity index (χ3n) is 3.45. The van der Waals surface area contributed by atoms with E-state index in [4.69, 9.17) is 15.5 Å². The minimum Gasteiger partial charge on any atom is -0.409 e. The molecule has 0 amide bonds. The van der Waals surface area contributed by atoms with Crippen LogP contribution < -0.4 is 11.1 Å². The van der Waals surface area contributed by atoms with Crippen LogP contribution in [-0.2, 0) is 6.54 Å². The van der Waals surface area contributed by atoms with E-state index in [1.165, 1.54) is 0 Å². The summed E-state index contributed by atoms with van der Waals surface area (Å²) in [6.07, 6.45) is 0.421. The third kappa shape index (κ3) is 3.82. The van der Waals surface area contributed by atoms with Crippen molar-refractivity contribution in [1.82, 2.24) is 10.5 Å². The average molecular weight is 288 g/mol. The lowest BCUT2D eigenvalue weighted by molar-refractivity contribution is 0.315. The van der Waals surface area contributed by atoms with E-state index in [1.807, 2.05) is 44.2 Å². The fourth-order valence-electron chi connectivity index (χ4n) is 2.22. The predicted octanol–water partition coefficient (Wildman–Crippen LogP) is 2.26. The molecule has 2 aromatic rings. The number of benzene rings is 1. The van der Waals surface area contributed by atoms with Gasteiger partial charge in [0.15, 0.2) is 0 Å². The molecular formula is C15H20N4O2. The molecule has 0 saturated carbocycles. The maximum atomic E-state index is 8.78. The first-order valence-corrected chi connectivity index (χ1v) is 6.78. The van der Waals surface area contributed by atoms with Crippen molar-refractivity contribution in [2.24, 2.45) is 10.9 Å². The van der Waals surface area contributed by atoms with Gasteiger partial charge in [-0.3, -0.25) is 0 Å². The highest BCUT2D eigenvalue weighted by Gasteiger charge is 2.15. The van der Waals surface area contributed by atoms with Crippen LogP contribution in [0.25, 0.3) is 0 Å². The smallest absolute Gasteiger partial charge is 0.141 e. The number of aryl methyl sites for hydroxylation is 2. The molecular weight excluding hydrogens is 268 g/mol. The van der Waals surface area contributed by atoms with Crippen LogP contribution in [0.1, 0.15) is 35.0 Å². The summed E-state index contributed by atoms with van der Waals surface area (Å²) in [6, 6.07) is 9.86. The number of aromatic nitrogens is 1. The number of rotatable bonds is 6. The van der Waals surface area contributed by atoms with Gasteiger partial charge in [0.05, 0.1) is 5.69 Å². The molecule has 0 spiro atoms. The van der Waals surface area contributed by atoms with Crippen molar-refractivity contribution < 1.29 is 9.73 Å². The number of hydrogen-bond donors (Lipinski definition) is 3. The maximum Gasteiger partial charge on any atom is 0.141 e. The molecule has 1 unspecified atom stereocenters. The van der Waals surface area contributed by atoms with Crippen molar-refractivity contribution in [1.29, 1.82) is 0 Å². The van der Waals surface area contributed by atoms with E-state index in [9.17, 15) is 0 Å². The molecule has 0 saturated heterocycles. The van der Waals surface area contributed by atoms with Crippen molar-refractivity contribution in [2.75, 3.05) is 0 Å². The molecule has 0 bridgehead atoms. The van der Waals surface area contributed by atoms with E-state index >= 15 is 0 Å². The zero-order valence-electron chi connectivity index (χ0n) is 12.2. The summed E-state index contributed by atoms with van der Waals surface area (Å²) in [4.78, 5) is 0. The molecule has 1 heterocycles. The Hall–Kier alpha value is -2.34. The number of nitrogens with one attached hydrogen (secondary N) is 1. The number of amidine groups is 1. The molecule has 112 valence electrons. The highest BCUT2D eigenvalue weighted by Crippen LogP contribution is 2.19. The topological polar surface area (TPSA) is 96.7 Å². The van der Waals surface area contributed by atoms with Crippen molar-refractivity contribution in [3.8, 4) is 0 Å². The largest absolute Gasteiger partial charge is 0.409 e. The van der Waals surface area contributed by atoms with E-state index in [1.54, 1.807) is 0 Å². The Bertz CT molecular complexity index is 588. The standard InChI is InChI=1S/C15H20N4O2/c1-10-13(11(2)21-19-10)9-17-14(8-15(16)18-20)12-6-4-3-5-7-12/h3-7,14,17,20H,8-9H2,1-2H3,(H2,16,18). The molecule has 2 rings (SSSR count). The summed E-state index contributed by atoms with van der Waals surface area (Å²) in [6.45, 7) is 4.41. The van der Waals surface area contributed by atoms with Gasteiger partial charge in [0, 0.05) is 24.6 Å². The van der Waals surface area contributed by atoms with Crippen molar-refractivity contribution in [3.05, 3.63) is 52.9 Å². The molecule has 1 atom stereocenters. The number of hydrogen-bond acceptors (Lipinski definition) is 5. The molecule has 6 nitrogen and oxygen atoms in total. The lowest BCUT2D eigenvalue weighted by Gasteiger charge is -2.18. The third-order valence-corrected chi connectivity index (χ3v) is 3.45. The van der Waals surface area contributed by atoms with Crippen LogP contribution in [0.2, 0.25) is 0 Å². The average Bonchev–Trinajstić information content (AvgIpc) is 2.83. The van der Waals surface area contributed by atoms with Gasteiger partial charge < -0.3 is 20.8 Å². The Balaban J connectivity index is 2.13. The van der Waals surface area contributed by atoms with Gasteiger partial charge in [0.25, 0.3) is 0 Å². The minimum atomic E-state index is -0.0456. The Morgan fingerprint density at radius 2 is 2.10 bits per heavy atom. The van der Waals surface area contributed by atoms with Crippen LogP contribution in [0.3, 0.4) is 0 Å². The molecule has 1 aromatic carbocycles. The second-order valence-corrected chi connectivity index (χ2v) is 4.94.